The van der Waals surface area contributed by atoms with Crippen LogP contribution in [0.2, 0.25) is 0 Å². The van der Waals surface area contributed by atoms with Crippen molar-refractivity contribution in [1.82, 2.24) is 0 Å². The number of hydrogen-bond donors (Lipinski definition) is 0. The maximum Gasteiger partial charge on any atom is 0.264 e. The van der Waals surface area contributed by atoms with Crippen LogP contribution >= 0.6 is 22.6 Å². The van der Waals surface area contributed by atoms with Crippen molar-refractivity contribution in [3.63, 3.8) is 0 Å². The second-order valence-electron chi connectivity index (χ2n) is 7.07. The molecule has 2 heterocycles. The fourth-order valence-electron chi connectivity index (χ4n) is 3.29. The highest BCUT2D eigenvalue weighted by Crippen LogP contribution is 2.32. The standard InChI is InChI=1S/C19H29IO6S/c1-13(15(3)20)11-17(26-27(4,21)22)5-7-18-14(2)12-16(25-18)6-8-19-23-9-10-24-19/h16-19H,1-3,5-12H2,4H3/t16-,17+,18-/m0/s1. The summed E-state index contributed by atoms with van der Waals surface area (Å²) in [6.07, 6.45) is 4.59. The molecule has 0 saturated carbocycles. The van der Waals surface area contributed by atoms with E-state index in [1.807, 2.05) is 0 Å². The maximum absolute atomic E-state index is 11.6. The first-order chi connectivity index (χ1) is 12.6. The van der Waals surface area contributed by atoms with E-state index in [0.717, 1.165) is 40.2 Å². The molecule has 2 saturated heterocycles. The summed E-state index contributed by atoms with van der Waals surface area (Å²) >= 11 is 2.08. The number of rotatable bonds is 11. The molecule has 0 N–H and O–H groups in total. The highest BCUT2D eigenvalue weighted by Gasteiger charge is 2.31. The third-order valence-electron chi connectivity index (χ3n) is 4.64. The highest BCUT2D eigenvalue weighted by atomic mass is 127. The highest BCUT2D eigenvalue weighted by molar-refractivity contribution is 14.1. The maximum atomic E-state index is 11.6. The number of ether oxygens (including phenoxy) is 3. The van der Waals surface area contributed by atoms with Crippen molar-refractivity contribution >= 4 is 32.7 Å². The summed E-state index contributed by atoms with van der Waals surface area (Å²) in [5.41, 5.74) is 1.83. The van der Waals surface area contributed by atoms with E-state index < -0.39 is 16.2 Å². The predicted octanol–water partition coefficient (Wildman–Crippen LogP) is 3.87. The molecule has 2 aliphatic heterocycles. The van der Waals surface area contributed by atoms with E-state index in [1.165, 1.54) is 0 Å². The number of allylic oxidation sites excluding steroid dienone is 1. The molecule has 2 rings (SSSR count). The van der Waals surface area contributed by atoms with Gasteiger partial charge in [0.2, 0.25) is 0 Å². The van der Waals surface area contributed by atoms with Crippen molar-refractivity contribution in [1.29, 1.82) is 0 Å². The van der Waals surface area contributed by atoms with E-state index in [2.05, 4.69) is 42.3 Å². The monoisotopic (exact) mass is 512 g/mol. The quantitative estimate of drug-likeness (QED) is 0.181. The molecule has 0 aromatic carbocycles. The van der Waals surface area contributed by atoms with Crippen molar-refractivity contribution in [3.05, 3.63) is 34.5 Å². The molecule has 154 valence electrons. The molecule has 8 heteroatoms. The molecule has 27 heavy (non-hydrogen) atoms. The van der Waals surface area contributed by atoms with Crippen LogP contribution in [0, 0.1) is 0 Å². The minimum absolute atomic E-state index is 0.0813. The molecule has 0 aliphatic carbocycles. The molecule has 6 nitrogen and oxygen atoms in total. The first-order valence-electron chi connectivity index (χ1n) is 9.11. The summed E-state index contributed by atoms with van der Waals surface area (Å²) in [7, 11) is -3.55. The van der Waals surface area contributed by atoms with Gasteiger partial charge in [0.1, 0.15) is 0 Å². The van der Waals surface area contributed by atoms with Gasteiger partial charge in [-0.15, -0.1) is 0 Å². The van der Waals surface area contributed by atoms with Gasteiger partial charge in [-0.2, -0.15) is 8.42 Å². The largest absolute Gasteiger partial charge is 0.370 e. The van der Waals surface area contributed by atoms with E-state index >= 15 is 0 Å². The molecule has 3 atom stereocenters. The van der Waals surface area contributed by atoms with Gasteiger partial charge in [0.05, 0.1) is 37.8 Å². The summed E-state index contributed by atoms with van der Waals surface area (Å²) in [6, 6.07) is 0. The third-order valence-corrected chi connectivity index (χ3v) is 6.02. The molecular formula is C19H29IO6S. The molecule has 0 amide bonds. The zero-order chi connectivity index (χ0) is 20.0. The lowest BCUT2D eigenvalue weighted by Gasteiger charge is -2.20. The van der Waals surface area contributed by atoms with E-state index in [-0.39, 0.29) is 18.5 Å². The van der Waals surface area contributed by atoms with Crippen molar-refractivity contribution in [2.45, 2.75) is 63.1 Å². The summed E-state index contributed by atoms with van der Waals surface area (Å²) in [6.45, 7) is 13.2. The van der Waals surface area contributed by atoms with Crippen LogP contribution in [0.5, 0.6) is 0 Å². The van der Waals surface area contributed by atoms with Gasteiger partial charge in [0, 0.05) is 16.4 Å². The van der Waals surface area contributed by atoms with Crippen molar-refractivity contribution in [2.24, 2.45) is 0 Å². The molecule has 0 spiro atoms. The zero-order valence-electron chi connectivity index (χ0n) is 15.8. The van der Waals surface area contributed by atoms with E-state index in [1.54, 1.807) is 0 Å². The normalized spacial score (nSPS) is 25.0. The lowest BCUT2D eigenvalue weighted by atomic mass is 9.99. The van der Waals surface area contributed by atoms with E-state index in [4.69, 9.17) is 18.4 Å². The Kier molecular flexibility index (Phi) is 8.95. The summed E-state index contributed by atoms with van der Waals surface area (Å²) < 4.78 is 46.2. The van der Waals surface area contributed by atoms with Crippen LogP contribution in [0.4, 0.5) is 0 Å². The van der Waals surface area contributed by atoms with Gasteiger partial charge in [-0.25, -0.2) is 0 Å². The third kappa shape index (κ3) is 8.33. The minimum atomic E-state index is -3.55. The average Bonchev–Trinajstić information content (AvgIpc) is 3.18. The lowest BCUT2D eigenvalue weighted by Crippen LogP contribution is -2.21. The average molecular weight is 512 g/mol. The topological polar surface area (TPSA) is 71.1 Å². The van der Waals surface area contributed by atoms with Gasteiger partial charge in [-0.05, 0) is 59.4 Å². The Morgan fingerprint density at radius 3 is 2.52 bits per heavy atom. The Balaban J connectivity index is 1.82. The summed E-state index contributed by atoms with van der Waals surface area (Å²) in [4.78, 5) is 0. The van der Waals surface area contributed by atoms with Crippen LogP contribution in [-0.2, 0) is 28.5 Å². The van der Waals surface area contributed by atoms with Gasteiger partial charge in [0.15, 0.2) is 6.29 Å². The smallest absolute Gasteiger partial charge is 0.264 e. The first kappa shape index (κ1) is 23.0. The fraction of sp³-hybridized carbons (Fsp3) is 0.684. The fourth-order valence-corrected chi connectivity index (χ4v) is 4.17. The Labute approximate surface area is 176 Å². The van der Waals surface area contributed by atoms with Crippen LogP contribution in [0.3, 0.4) is 0 Å². The van der Waals surface area contributed by atoms with E-state index in [9.17, 15) is 8.42 Å². The molecule has 0 radical (unpaired) electrons. The first-order valence-corrected chi connectivity index (χ1v) is 12.0. The summed E-state index contributed by atoms with van der Waals surface area (Å²) in [5.74, 6) is 0. The number of hydrogen-bond acceptors (Lipinski definition) is 6. The second-order valence-corrected chi connectivity index (χ2v) is 9.97. The van der Waals surface area contributed by atoms with Gasteiger partial charge in [-0.3, -0.25) is 4.18 Å². The van der Waals surface area contributed by atoms with Crippen LogP contribution < -0.4 is 0 Å². The van der Waals surface area contributed by atoms with Gasteiger partial charge in [0.25, 0.3) is 10.1 Å². The second kappa shape index (κ2) is 10.5. The van der Waals surface area contributed by atoms with Crippen molar-refractivity contribution < 1.29 is 26.8 Å². The predicted molar refractivity (Wildman–Crippen MR) is 113 cm³/mol. The lowest BCUT2D eigenvalue weighted by molar-refractivity contribution is -0.0588. The van der Waals surface area contributed by atoms with Gasteiger partial charge < -0.3 is 14.2 Å². The molecule has 0 bridgehead atoms. The Morgan fingerprint density at radius 2 is 1.93 bits per heavy atom. The van der Waals surface area contributed by atoms with Gasteiger partial charge >= 0.3 is 0 Å². The van der Waals surface area contributed by atoms with Gasteiger partial charge in [-0.1, -0.05) is 19.7 Å². The minimum Gasteiger partial charge on any atom is -0.370 e. The Hall–Kier alpha value is -0.260. The van der Waals surface area contributed by atoms with Crippen LogP contribution in [-0.4, -0.2) is 52.5 Å². The Morgan fingerprint density at radius 1 is 1.26 bits per heavy atom. The van der Waals surface area contributed by atoms with Crippen molar-refractivity contribution in [3.8, 4) is 0 Å². The Bertz CT molecular complexity index is 653. The van der Waals surface area contributed by atoms with Crippen molar-refractivity contribution in [2.75, 3.05) is 19.5 Å². The van der Waals surface area contributed by atoms with Crippen LogP contribution in [0.25, 0.3) is 0 Å². The number of halogens is 1. The van der Waals surface area contributed by atoms with Crippen LogP contribution in [0.15, 0.2) is 34.5 Å². The van der Waals surface area contributed by atoms with E-state index in [0.29, 0.717) is 32.5 Å². The molecule has 2 aliphatic rings. The molecule has 2 fully saturated rings. The SMILES string of the molecule is C=C(I)C(=C)C[C@@H](CC[C@@H]1O[C@@H](CCC2OCCO2)CC1=C)OS(C)(=O)=O. The van der Waals surface area contributed by atoms with Crippen LogP contribution in [0.1, 0.15) is 38.5 Å². The zero-order valence-corrected chi connectivity index (χ0v) is 18.8. The summed E-state index contributed by atoms with van der Waals surface area (Å²) in [5, 5.41) is 0. The molecule has 0 aromatic rings. The molecule has 0 aromatic heterocycles. The molecule has 0 unspecified atom stereocenters. The molecular weight excluding hydrogens is 483 g/mol.